The maximum Gasteiger partial charge on any atom is 0.257 e. The predicted octanol–water partition coefficient (Wildman–Crippen LogP) is 3.40. The number of piperazine rings is 1. The highest BCUT2D eigenvalue weighted by molar-refractivity contribution is 6.03. The molecule has 0 saturated carbocycles. The van der Waals surface area contributed by atoms with Gasteiger partial charge in [-0.25, -0.2) is 5.01 Å². The fraction of sp³-hybridized carbons (Fsp3) is 0.440. The summed E-state index contributed by atoms with van der Waals surface area (Å²) >= 11 is 0. The van der Waals surface area contributed by atoms with Gasteiger partial charge in [-0.1, -0.05) is 49.4 Å². The SMILES string of the molecule is CCOc1ccc([C@H]2CC(c3ccccc3)=NN2C(=O)CN2CCN(CC)CC2)cc1. The molecule has 2 aromatic carbocycles. The average molecular weight is 421 g/mol. The van der Waals surface area contributed by atoms with E-state index in [1.54, 1.807) is 5.01 Å². The molecule has 0 aliphatic carbocycles. The molecule has 1 saturated heterocycles. The van der Waals surface area contributed by atoms with Crippen LogP contribution in [0.4, 0.5) is 0 Å². The normalized spacial score (nSPS) is 20.0. The van der Waals surface area contributed by atoms with E-state index in [1.165, 1.54) is 0 Å². The molecule has 1 atom stereocenters. The van der Waals surface area contributed by atoms with Crippen LogP contribution in [0.5, 0.6) is 5.75 Å². The van der Waals surface area contributed by atoms with Crippen molar-refractivity contribution in [2.45, 2.75) is 26.3 Å². The molecule has 1 amide bonds. The summed E-state index contributed by atoms with van der Waals surface area (Å²) in [5.74, 6) is 0.912. The molecule has 4 rings (SSSR count). The monoisotopic (exact) mass is 420 g/mol. The first-order valence-electron chi connectivity index (χ1n) is 11.3. The second-order valence-electron chi connectivity index (χ2n) is 8.08. The Morgan fingerprint density at radius 3 is 2.29 bits per heavy atom. The summed E-state index contributed by atoms with van der Waals surface area (Å²) in [6.07, 6.45) is 0.716. The zero-order chi connectivity index (χ0) is 21.6. The first-order chi connectivity index (χ1) is 15.2. The van der Waals surface area contributed by atoms with Crippen molar-refractivity contribution < 1.29 is 9.53 Å². The van der Waals surface area contributed by atoms with Gasteiger partial charge in [0.2, 0.25) is 0 Å². The number of hydrazone groups is 1. The molecule has 6 heteroatoms. The summed E-state index contributed by atoms with van der Waals surface area (Å²) in [6.45, 7) is 10.2. The van der Waals surface area contributed by atoms with Crippen molar-refractivity contribution in [3.8, 4) is 5.75 Å². The van der Waals surface area contributed by atoms with Crippen LogP contribution >= 0.6 is 0 Å². The van der Waals surface area contributed by atoms with Gasteiger partial charge in [-0.15, -0.1) is 0 Å². The van der Waals surface area contributed by atoms with Gasteiger partial charge in [0.15, 0.2) is 0 Å². The smallest absolute Gasteiger partial charge is 0.257 e. The van der Waals surface area contributed by atoms with Gasteiger partial charge < -0.3 is 9.64 Å². The highest BCUT2D eigenvalue weighted by Gasteiger charge is 2.34. The molecule has 1 fully saturated rings. The van der Waals surface area contributed by atoms with E-state index >= 15 is 0 Å². The number of hydrogen-bond acceptors (Lipinski definition) is 5. The number of hydrogen-bond donors (Lipinski definition) is 0. The summed E-state index contributed by atoms with van der Waals surface area (Å²) in [6, 6.07) is 18.1. The van der Waals surface area contributed by atoms with E-state index in [0.29, 0.717) is 19.6 Å². The van der Waals surface area contributed by atoms with Crippen LogP contribution in [0, 0.1) is 0 Å². The molecule has 0 bridgehead atoms. The summed E-state index contributed by atoms with van der Waals surface area (Å²) in [5, 5.41) is 6.52. The van der Waals surface area contributed by atoms with Crippen molar-refractivity contribution in [1.29, 1.82) is 0 Å². The second kappa shape index (κ2) is 10.1. The minimum Gasteiger partial charge on any atom is -0.494 e. The maximum atomic E-state index is 13.3. The van der Waals surface area contributed by atoms with E-state index in [-0.39, 0.29) is 11.9 Å². The average Bonchev–Trinajstić information content (AvgIpc) is 3.27. The lowest BCUT2D eigenvalue weighted by Gasteiger charge is -2.34. The third-order valence-corrected chi connectivity index (χ3v) is 6.12. The predicted molar refractivity (Wildman–Crippen MR) is 123 cm³/mol. The molecule has 31 heavy (non-hydrogen) atoms. The third-order valence-electron chi connectivity index (χ3n) is 6.12. The molecule has 0 aromatic heterocycles. The molecular formula is C25H32N4O2. The van der Waals surface area contributed by atoms with Crippen molar-refractivity contribution in [3.63, 3.8) is 0 Å². The van der Waals surface area contributed by atoms with Crippen LogP contribution in [0.3, 0.4) is 0 Å². The van der Waals surface area contributed by atoms with E-state index in [9.17, 15) is 4.79 Å². The maximum absolute atomic E-state index is 13.3. The minimum absolute atomic E-state index is 0.0646. The zero-order valence-electron chi connectivity index (χ0n) is 18.5. The number of nitrogens with zero attached hydrogens (tertiary/aromatic N) is 4. The topological polar surface area (TPSA) is 48.4 Å². The van der Waals surface area contributed by atoms with Crippen molar-refractivity contribution in [3.05, 3.63) is 65.7 Å². The first kappa shape index (κ1) is 21.5. The van der Waals surface area contributed by atoms with E-state index < -0.39 is 0 Å². The van der Waals surface area contributed by atoms with Gasteiger partial charge in [0.1, 0.15) is 5.75 Å². The van der Waals surface area contributed by atoms with Crippen LogP contribution in [-0.4, -0.2) is 72.3 Å². The van der Waals surface area contributed by atoms with Gasteiger partial charge in [-0.05, 0) is 36.7 Å². The zero-order valence-corrected chi connectivity index (χ0v) is 18.5. The van der Waals surface area contributed by atoms with Crippen LogP contribution < -0.4 is 4.74 Å². The van der Waals surface area contributed by atoms with Gasteiger partial charge in [0.25, 0.3) is 5.91 Å². The summed E-state index contributed by atoms with van der Waals surface area (Å²) in [7, 11) is 0. The van der Waals surface area contributed by atoms with Gasteiger partial charge in [-0.3, -0.25) is 9.69 Å². The van der Waals surface area contributed by atoms with Crippen LogP contribution in [0.1, 0.15) is 37.4 Å². The molecule has 2 heterocycles. The number of ether oxygens (including phenoxy) is 1. The molecule has 2 aliphatic rings. The van der Waals surface area contributed by atoms with Crippen molar-refractivity contribution in [1.82, 2.24) is 14.8 Å². The molecule has 0 spiro atoms. The number of likely N-dealkylation sites (N-methyl/N-ethyl adjacent to an activating group) is 1. The first-order valence-corrected chi connectivity index (χ1v) is 11.3. The minimum atomic E-state index is -0.0877. The van der Waals surface area contributed by atoms with E-state index in [2.05, 4.69) is 41.0 Å². The Hall–Kier alpha value is -2.70. The number of carbonyl (C=O) groups excluding carboxylic acids is 1. The molecule has 0 unspecified atom stereocenters. The van der Waals surface area contributed by atoms with E-state index in [0.717, 1.165) is 55.3 Å². The largest absolute Gasteiger partial charge is 0.494 e. The highest BCUT2D eigenvalue weighted by atomic mass is 16.5. The van der Waals surface area contributed by atoms with Gasteiger partial charge >= 0.3 is 0 Å². The Morgan fingerprint density at radius 1 is 0.968 bits per heavy atom. The number of amides is 1. The Bertz CT molecular complexity index is 889. The van der Waals surface area contributed by atoms with E-state index in [1.807, 2.05) is 37.3 Å². The molecule has 0 N–H and O–H groups in total. The third kappa shape index (κ3) is 5.14. The Labute approximate surface area is 185 Å². The Kier molecular flexibility index (Phi) is 6.99. The lowest BCUT2D eigenvalue weighted by Crippen LogP contribution is -2.49. The number of rotatable bonds is 7. The molecule has 0 radical (unpaired) electrons. The highest BCUT2D eigenvalue weighted by Crippen LogP contribution is 2.33. The second-order valence-corrected chi connectivity index (χ2v) is 8.08. The fourth-order valence-electron chi connectivity index (χ4n) is 4.29. The van der Waals surface area contributed by atoms with Gasteiger partial charge in [0, 0.05) is 32.6 Å². The van der Waals surface area contributed by atoms with Crippen LogP contribution in [-0.2, 0) is 4.79 Å². The lowest BCUT2D eigenvalue weighted by atomic mass is 9.98. The number of benzene rings is 2. The van der Waals surface area contributed by atoms with Crippen molar-refractivity contribution >= 4 is 11.6 Å². The van der Waals surface area contributed by atoms with Crippen LogP contribution in [0.15, 0.2) is 59.7 Å². The van der Waals surface area contributed by atoms with E-state index in [4.69, 9.17) is 9.84 Å². The van der Waals surface area contributed by atoms with Gasteiger partial charge in [-0.2, -0.15) is 5.10 Å². The number of carbonyl (C=O) groups is 1. The summed E-state index contributed by atoms with van der Waals surface area (Å²) in [4.78, 5) is 18.0. The van der Waals surface area contributed by atoms with Crippen molar-refractivity contribution in [2.24, 2.45) is 5.10 Å². The quantitative estimate of drug-likeness (QED) is 0.689. The molecule has 2 aliphatic heterocycles. The Morgan fingerprint density at radius 2 is 1.65 bits per heavy atom. The summed E-state index contributed by atoms with van der Waals surface area (Å²) in [5.41, 5.74) is 3.12. The molecular weight excluding hydrogens is 388 g/mol. The van der Waals surface area contributed by atoms with Crippen LogP contribution in [0.2, 0.25) is 0 Å². The fourth-order valence-corrected chi connectivity index (χ4v) is 4.29. The standard InChI is InChI=1S/C25H32N4O2/c1-3-27-14-16-28(17-15-27)19-25(30)29-24(21-10-12-22(13-11-21)31-4-2)18-23(26-29)20-8-6-5-7-9-20/h5-13,24H,3-4,14-19H2,1-2H3/t24-/m1/s1. The summed E-state index contributed by atoms with van der Waals surface area (Å²) < 4.78 is 5.59. The molecule has 2 aromatic rings. The lowest BCUT2D eigenvalue weighted by molar-refractivity contribution is -0.134. The molecule has 164 valence electrons. The molecule has 6 nitrogen and oxygen atoms in total. The van der Waals surface area contributed by atoms with Crippen LogP contribution in [0.25, 0.3) is 0 Å². The van der Waals surface area contributed by atoms with Gasteiger partial charge in [0.05, 0.1) is 24.9 Å². The Balaban J connectivity index is 1.52. The van der Waals surface area contributed by atoms with Crippen molar-refractivity contribution in [2.75, 3.05) is 45.9 Å².